The van der Waals surface area contributed by atoms with E-state index < -0.39 is 0 Å². The fourth-order valence-corrected chi connectivity index (χ4v) is 2.25. The van der Waals surface area contributed by atoms with Crippen molar-refractivity contribution in [3.8, 4) is 11.3 Å². The number of halogens is 1. The van der Waals surface area contributed by atoms with Crippen LogP contribution in [0.1, 0.15) is 23.0 Å². The molecule has 3 aromatic rings. The predicted molar refractivity (Wildman–Crippen MR) is 87.9 cm³/mol. The van der Waals surface area contributed by atoms with Crippen molar-refractivity contribution < 1.29 is 13.6 Å². The number of rotatable bonds is 4. The third-order valence-electron chi connectivity index (χ3n) is 3.58. The lowest BCUT2D eigenvalue weighted by Gasteiger charge is -2.04. The van der Waals surface area contributed by atoms with Gasteiger partial charge in [-0.05, 0) is 60.5 Å². The minimum absolute atomic E-state index is 0.212. The van der Waals surface area contributed by atoms with Gasteiger partial charge in [0, 0.05) is 11.3 Å². The molecule has 2 aromatic carbocycles. The Morgan fingerprint density at radius 2 is 1.70 bits per heavy atom. The van der Waals surface area contributed by atoms with Gasteiger partial charge in [-0.2, -0.15) is 0 Å². The van der Waals surface area contributed by atoms with Gasteiger partial charge in [0.25, 0.3) is 5.91 Å². The maximum absolute atomic E-state index is 12.9. The number of nitrogens with one attached hydrogen (secondary N) is 1. The van der Waals surface area contributed by atoms with Crippen molar-refractivity contribution in [1.29, 1.82) is 0 Å². The smallest absolute Gasteiger partial charge is 0.291 e. The highest BCUT2D eigenvalue weighted by atomic mass is 19.1. The van der Waals surface area contributed by atoms with Gasteiger partial charge in [0.05, 0.1) is 0 Å². The van der Waals surface area contributed by atoms with Crippen LogP contribution in [0.3, 0.4) is 0 Å². The van der Waals surface area contributed by atoms with Gasteiger partial charge in [-0.25, -0.2) is 4.39 Å². The van der Waals surface area contributed by atoms with E-state index in [4.69, 9.17) is 4.42 Å². The Balaban J connectivity index is 1.74. The maximum atomic E-state index is 12.9. The van der Waals surface area contributed by atoms with Crippen LogP contribution < -0.4 is 5.32 Å². The Bertz CT molecular complexity index is 804. The zero-order valence-corrected chi connectivity index (χ0v) is 12.7. The molecule has 0 aliphatic heterocycles. The Hall–Kier alpha value is -2.88. The summed E-state index contributed by atoms with van der Waals surface area (Å²) in [6.07, 6.45) is 0.952. The van der Waals surface area contributed by atoms with E-state index in [0.29, 0.717) is 11.4 Å². The van der Waals surface area contributed by atoms with Gasteiger partial charge in [0.15, 0.2) is 5.76 Å². The van der Waals surface area contributed by atoms with E-state index in [0.717, 1.165) is 12.0 Å². The normalized spacial score (nSPS) is 10.5. The van der Waals surface area contributed by atoms with Crippen molar-refractivity contribution >= 4 is 11.6 Å². The Morgan fingerprint density at radius 3 is 2.35 bits per heavy atom. The number of hydrogen-bond donors (Lipinski definition) is 1. The van der Waals surface area contributed by atoms with Gasteiger partial charge in [-0.15, -0.1) is 0 Å². The van der Waals surface area contributed by atoms with Crippen LogP contribution in [0.5, 0.6) is 0 Å². The molecular formula is C19H16FNO2. The zero-order chi connectivity index (χ0) is 16.2. The van der Waals surface area contributed by atoms with Crippen molar-refractivity contribution in [2.75, 3.05) is 5.32 Å². The standard InChI is InChI=1S/C19H16FNO2/c1-2-13-3-9-16(10-4-13)21-19(22)18-12-11-17(23-18)14-5-7-15(20)8-6-14/h3-12H,2H2,1H3,(H,21,22). The van der Waals surface area contributed by atoms with Crippen LogP contribution in [-0.4, -0.2) is 5.91 Å². The Morgan fingerprint density at radius 1 is 1.00 bits per heavy atom. The molecule has 1 heterocycles. The van der Waals surface area contributed by atoms with Crippen LogP contribution in [0.15, 0.2) is 65.1 Å². The monoisotopic (exact) mass is 309 g/mol. The second-order valence-electron chi connectivity index (χ2n) is 5.18. The van der Waals surface area contributed by atoms with Crippen molar-refractivity contribution in [2.24, 2.45) is 0 Å². The minimum atomic E-state index is -0.317. The summed E-state index contributed by atoms with van der Waals surface area (Å²) in [5, 5.41) is 2.79. The molecule has 116 valence electrons. The van der Waals surface area contributed by atoms with Gasteiger partial charge in [-0.3, -0.25) is 4.79 Å². The van der Waals surface area contributed by atoms with Crippen LogP contribution in [0.2, 0.25) is 0 Å². The molecule has 0 atom stereocenters. The van der Waals surface area contributed by atoms with Crippen LogP contribution in [0, 0.1) is 5.82 Å². The average Bonchev–Trinajstić information content (AvgIpc) is 3.06. The third kappa shape index (κ3) is 3.48. The first kappa shape index (κ1) is 15.0. The zero-order valence-electron chi connectivity index (χ0n) is 12.7. The minimum Gasteiger partial charge on any atom is -0.451 e. The molecule has 1 amide bonds. The summed E-state index contributed by atoms with van der Waals surface area (Å²) < 4.78 is 18.5. The summed E-state index contributed by atoms with van der Waals surface area (Å²) in [6, 6.07) is 16.9. The summed E-state index contributed by atoms with van der Waals surface area (Å²) in [5.74, 6) is 0.108. The van der Waals surface area contributed by atoms with Gasteiger partial charge in [0.2, 0.25) is 0 Å². The molecule has 0 aliphatic carbocycles. The highest BCUT2D eigenvalue weighted by molar-refractivity contribution is 6.02. The number of anilines is 1. The number of benzene rings is 2. The summed E-state index contributed by atoms with van der Waals surface area (Å²) in [6.45, 7) is 2.08. The van der Waals surface area contributed by atoms with Gasteiger partial charge in [-0.1, -0.05) is 19.1 Å². The Kier molecular flexibility index (Phi) is 4.24. The summed E-state index contributed by atoms with van der Waals surface area (Å²) >= 11 is 0. The van der Waals surface area contributed by atoms with Crippen molar-refractivity contribution in [3.05, 3.63) is 77.8 Å². The molecule has 0 unspecified atom stereocenters. The lowest BCUT2D eigenvalue weighted by molar-refractivity contribution is 0.0997. The number of amides is 1. The molecule has 3 rings (SSSR count). The predicted octanol–water partition coefficient (Wildman–Crippen LogP) is 4.90. The SMILES string of the molecule is CCc1ccc(NC(=O)c2ccc(-c3ccc(F)cc3)o2)cc1. The van der Waals surface area contributed by atoms with Crippen LogP contribution in [0.4, 0.5) is 10.1 Å². The van der Waals surface area contributed by atoms with Gasteiger partial charge < -0.3 is 9.73 Å². The third-order valence-corrected chi connectivity index (χ3v) is 3.58. The largest absolute Gasteiger partial charge is 0.451 e. The molecular weight excluding hydrogens is 293 g/mol. The van der Waals surface area contributed by atoms with E-state index in [1.165, 1.54) is 17.7 Å². The molecule has 0 fully saturated rings. The second kappa shape index (κ2) is 6.48. The number of furan rings is 1. The molecule has 1 N–H and O–H groups in total. The van der Waals surface area contributed by atoms with Crippen LogP contribution in [-0.2, 0) is 6.42 Å². The second-order valence-corrected chi connectivity index (χ2v) is 5.18. The van der Waals surface area contributed by atoms with Gasteiger partial charge >= 0.3 is 0 Å². The molecule has 0 aliphatic rings. The first-order valence-electron chi connectivity index (χ1n) is 7.42. The summed E-state index contributed by atoms with van der Waals surface area (Å²) in [7, 11) is 0. The quantitative estimate of drug-likeness (QED) is 0.744. The molecule has 23 heavy (non-hydrogen) atoms. The van der Waals surface area contributed by atoms with E-state index >= 15 is 0 Å². The molecule has 0 bridgehead atoms. The van der Waals surface area contributed by atoms with E-state index in [9.17, 15) is 9.18 Å². The molecule has 4 heteroatoms. The first-order valence-corrected chi connectivity index (χ1v) is 7.42. The molecule has 1 aromatic heterocycles. The van der Waals surface area contributed by atoms with Crippen molar-refractivity contribution in [3.63, 3.8) is 0 Å². The first-order chi connectivity index (χ1) is 11.2. The van der Waals surface area contributed by atoms with E-state index in [1.807, 2.05) is 24.3 Å². The topological polar surface area (TPSA) is 42.2 Å². The van der Waals surface area contributed by atoms with Crippen LogP contribution in [0.25, 0.3) is 11.3 Å². The van der Waals surface area contributed by atoms with E-state index in [1.54, 1.807) is 24.3 Å². The maximum Gasteiger partial charge on any atom is 0.291 e. The number of aryl methyl sites for hydroxylation is 1. The highest BCUT2D eigenvalue weighted by Crippen LogP contribution is 2.23. The fraction of sp³-hybridized carbons (Fsp3) is 0.105. The summed E-state index contributed by atoms with van der Waals surface area (Å²) in [4.78, 5) is 12.2. The van der Waals surface area contributed by atoms with E-state index in [2.05, 4.69) is 12.2 Å². The van der Waals surface area contributed by atoms with Crippen molar-refractivity contribution in [1.82, 2.24) is 0 Å². The molecule has 0 radical (unpaired) electrons. The molecule has 0 spiro atoms. The average molecular weight is 309 g/mol. The molecule has 0 saturated heterocycles. The highest BCUT2D eigenvalue weighted by Gasteiger charge is 2.12. The summed E-state index contributed by atoms with van der Waals surface area (Å²) in [5.41, 5.74) is 2.64. The van der Waals surface area contributed by atoms with Gasteiger partial charge in [0.1, 0.15) is 11.6 Å². The molecule has 0 saturated carbocycles. The molecule has 3 nitrogen and oxygen atoms in total. The number of carbonyl (C=O) groups excluding carboxylic acids is 1. The number of hydrogen-bond acceptors (Lipinski definition) is 2. The Labute approximate surface area is 133 Å². The van der Waals surface area contributed by atoms with E-state index in [-0.39, 0.29) is 17.5 Å². The van der Waals surface area contributed by atoms with Crippen LogP contribution >= 0.6 is 0 Å². The fourth-order valence-electron chi connectivity index (χ4n) is 2.25. The lowest BCUT2D eigenvalue weighted by atomic mass is 10.1. The lowest BCUT2D eigenvalue weighted by Crippen LogP contribution is -2.10. The number of carbonyl (C=O) groups is 1. The van der Waals surface area contributed by atoms with Crippen molar-refractivity contribution in [2.45, 2.75) is 13.3 Å².